The summed E-state index contributed by atoms with van der Waals surface area (Å²) in [6.07, 6.45) is 3.71. The van der Waals surface area contributed by atoms with Crippen LogP contribution in [-0.2, 0) is 6.54 Å². The minimum absolute atomic E-state index is 0.0126. The third-order valence-electron chi connectivity index (χ3n) is 7.43. The second-order valence-corrected chi connectivity index (χ2v) is 14.0. The van der Waals surface area contributed by atoms with Crippen molar-refractivity contribution in [1.82, 2.24) is 29.7 Å². The Bertz CT molecular complexity index is 2320. The first-order valence-corrected chi connectivity index (χ1v) is 17.8. The van der Waals surface area contributed by atoms with Crippen LogP contribution in [0.25, 0.3) is 39.2 Å². The third-order valence-corrected chi connectivity index (χ3v) is 9.68. The van der Waals surface area contributed by atoms with Crippen molar-refractivity contribution < 1.29 is 9.59 Å². The zero-order valence-corrected chi connectivity index (χ0v) is 30.3. The minimum atomic E-state index is -0.0408. The Hall–Kier alpha value is -5.04. The molecule has 49 heavy (non-hydrogen) atoms. The average Bonchev–Trinajstić information content (AvgIpc) is 3.92. The molecule has 0 saturated heterocycles. The number of aliphatic imine (C=N–C) groups is 1. The van der Waals surface area contributed by atoms with Gasteiger partial charge in [0, 0.05) is 47.3 Å². The second kappa shape index (κ2) is 15.0. The molecule has 5 aromatic heterocycles. The Morgan fingerprint density at radius 2 is 1.39 bits per heavy atom. The zero-order valence-electron chi connectivity index (χ0n) is 27.1. The molecule has 0 N–H and O–H groups in total. The SMILES string of the molecule is CC(=O)c1cccc(-c2ccc3c(c2)CN=C3)n1.CC(=O)c1cccc(-c2ccc3cnn(-c4csc(C)n4)c3c2)n1.Cc1nc(Br)cs1. The molecule has 9 nitrogen and oxygen atoms in total. The van der Waals surface area contributed by atoms with Crippen LogP contribution in [0.5, 0.6) is 0 Å². The standard InChI is InChI=1S/C18H14N4OS.C15H12N2O.C4H4BrNS/c1-11(23)15-4-3-5-16(21-15)13-6-7-14-9-19-22(17(14)8-13)18-10-24-12(2)20-18;1-10(18)14-3-2-4-15(17-14)11-5-6-12-8-16-9-13(12)7-11;1-3-6-4(5)2-7-3/h3-10H,1-2H3;2-8H,9H2,1H3;2H,1H3. The summed E-state index contributed by atoms with van der Waals surface area (Å²) < 4.78 is 2.77. The summed E-state index contributed by atoms with van der Waals surface area (Å²) in [5.41, 5.74) is 7.89. The van der Waals surface area contributed by atoms with Crippen LogP contribution in [0.3, 0.4) is 0 Å². The topological polar surface area (TPSA) is 116 Å². The smallest absolute Gasteiger partial charge is 0.178 e. The van der Waals surface area contributed by atoms with Gasteiger partial charge in [-0.3, -0.25) is 14.6 Å². The van der Waals surface area contributed by atoms with Crippen molar-refractivity contribution in [1.29, 1.82) is 0 Å². The van der Waals surface area contributed by atoms with Gasteiger partial charge in [-0.05, 0) is 77.3 Å². The van der Waals surface area contributed by atoms with Gasteiger partial charge in [-0.25, -0.2) is 24.6 Å². The molecule has 8 rings (SSSR count). The normalized spacial score (nSPS) is 11.4. The van der Waals surface area contributed by atoms with Crippen LogP contribution in [0.2, 0.25) is 0 Å². The molecule has 244 valence electrons. The van der Waals surface area contributed by atoms with Gasteiger partial charge >= 0.3 is 0 Å². The number of carbonyl (C=O) groups is 2. The molecule has 6 heterocycles. The molecule has 1 aliphatic rings. The average molecular weight is 749 g/mol. The van der Waals surface area contributed by atoms with Gasteiger partial charge < -0.3 is 0 Å². The van der Waals surface area contributed by atoms with Crippen molar-refractivity contribution in [3.05, 3.63) is 127 Å². The summed E-state index contributed by atoms with van der Waals surface area (Å²) >= 11 is 6.47. The number of aryl methyl sites for hydroxylation is 2. The van der Waals surface area contributed by atoms with Gasteiger partial charge in [-0.15, -0.1) is 22.7 Å². The van der Waals surface area contributed by atoms with Gasteiger partial charge in [0.2, 0.25) is 0 Å². The highest BCUT2D eigenvalue weighted by Gasteiger charge is 2.12. The number of benzene rings is 2. The lowest BCUT2D eigenvalue weighted by atomic mass is 10.0. The van der Waals surface area contributed by atoms with E-state index in [4.69, 9.17) is 0 Å². The molecule has 0 fully saturated rings. The van der Waals surface area contributed by atoms with E-state index in [-0.39, 0.29) is 11.6 Å². The first-order valence-electron chi connectivity index (χ1n) is 15.2. The molecule has 0 aliphatic carbocycles. The lowest BCUT2D eigenvalue weighted by molar-refractivity contribution is 0.100. The van der Waals surface area contributed by atoms with Crippen LogP contribution in [0.15, 0.2) is 99.3 Å². The van der Waals surface area contributed by atoms with Crippen LogP contribution >= 0.6 is 38.6 Å². The predicted octanol–water partition coefficient (Wildman–Crippen LogP) is 9.15. The predicted molar refractivity (Wildman–Crippen MR) is 200 cm³/mol. The molecule has 0 saturated carbocycles. The van der Waals surface area contributed by atoms with Crippen molar-refractivity contribution in [3.8, 4) is 28.3 Å². The maximum absolute atomic E-state index is 11.6. The van der Waals surface area contributed by atoms with Gasteiger partial charge in [0.15, 0.2) is 17.4 Å². The van der Waals surface area contributed by atoms with E-state index in [9.17, 15) is 9.59 Å². The van der Waals surface area contributed by atoms with E-state index in [0.29, 0.717) is 11.4 Å². The number of rotatable bonds is 5. The van der Waals surface area contributed by atoms with Crippen molar-refractivity contribution in [3.63, 3.8) is 0 Å². The van der Waals surface area contributed by atoms with E-state index >= 15 is 0 Å². The molecule has 12 heteroatoms. The molecule has 7 aromatic rings. The number of ketones is 2. The van der Waals surface area contributed by atoms with Crippen LogP contribution in [0.1, 0.15) is 56.0 Å². The van der Waals surface area contributed by atoms with Gasteiger partial charge in [-0.1, -0.05) is 36.4 Å². The molecular formula is C37H30BrN7O2S2. The van der Waals surface area contributed by atoms with E-state index in [1.54, 1.807) is 34.8 Å². The lowest BCUT2D eigenvalue weighted by Gasteiger charge is -2.05. The number of nitrogens with zero attached hydrogens (tertiary/aromatic N) is 7. The summed E-state index contributed by atoms with van der Waals surface area (Å²) in [5, 5.41) is 11.5. The molecule has 0 bridgehead atoms. The maximum atomic E-state index is 11.6. The largest absolute Gasteiger partial charge is 0.293 e. The highest BCUT2D eigenvalue weighted by molar-refractivity contribution is 9.10. The molecule has 0 spiro atoms. The number of hydrogen-bond acceptors (Lipinski definition) is 10. The number of halogens is 1. The van der Waals surface area contributed by atoms with E-state index in [2.05, 4.69) is 52.0 Å². The Balaban J connectivity index is 0.000000146. The fourth-order valence-corrected chi connectivity index (χ4v) is 6.71. The summed E-state index contributed by atoms with van der Waals surface area (Å²) in [6.45, 7) is 7.74. The summed E-state index contributed by atoms with van der Waals surface area (Å²) in [4.78, 5) is 44.5. The monoisotopic (exact) mass is 747 g/mol. The van der Waals surface area contributed by atoms with E-state index < -0.39 is 0 Å². The first-order chi connectivity index (χ1) is 23.6. The zero-order chi connectivity index (χ0) is 34.5. The van der Waals surface area contributed by atoms with Gasteiger partial charge in [0.25, 0.3) is 0 Å². The van der Waals surface area contributed by atoms with Crippen molar-refractivity contribution >= 4 is 67.3 Å². The summed E-state index contributed by atoms with van der Waals surface area (Å²) in [7, 11) is 0. The number of fused-ring (bicyclic) bond motifs is 2. The number of Topliss-reactive ketones (excluding diaryl/α,β-unsaturated/α-hetero) is 2. The van der Waals surface area contributed by atoms with E-state index in [0.717, 1.165) is 60.4 Å². The Labute approximate surface area is 299 Å². The van der Waals surface area contributed by atoms with Gasteiger partial charge in [0.1, 0.15) is 16.0 Å². The minimum Gasteiger partial charge on any atom is -0.293 e. The Kier molecular flexibility index (Phi) is 10.4. The fraction of sp³-hybridized carbons (Fsp3) is 0.135. The van der Waals surface area contributed by atoms with Crippen molar-refractivity contribution in [2.24, 2.45) is 4.99 Å². The van der Waals surface area contributed by atoms with Crippen LogP contribution in [-0.4, -0.2) is 47.5 Å². The van der Waals surface area contributed by atoms with Gasteiger partial charge in [0.05, 0.1) is 39.7 Å². The maximum Gasteiger partial charge on any atom is 0.178 e. The number of thiazole rings is 2. The number of pyridine rings is 2. The fourth-order valence-electron chi connectivity index (χ4n) is 5.00. The lowest BCUT2D eigenvalue weighted by Crippen LogP contribution is -1.98. The molecule has 1 aliphatic heterocycles. The quantitative estimate of drug-likeness (QED) is 0.161. The molecule has 0 amide bonds. The third kappa shape index (κ3) is 8.16. The highest BCUT2D eigenvalue weighted by Crippen LogP contribution is 2.26. The first kappa shape index (κ1) is 33.8. The summed E-state index contributed by atoms with van der Waals surface area (Å²) in [6, 6.07) is 23.2. The molecule has 0 atom stereocenters. The Morgan fingerprint density at radius 1 is 0.755 bits per heavy atom. The Morgan fingerprint density at radius 3 is 1.96 bits per heavy atom. The van der Waals surface area contributed by atoms with Crippen LogP contribution in [0.4, 0.5) is 0 Å². The molecule has 2 aromatic carbocycles. The van der Waals surface area contributed by atoms with Crippen molar-refractivity contribution in [2.75, 3.05) is 0 Å². The van der Waals surface area contributed by atoms with Gasteiger partial charge in [-0.2, -0.15) is 5.10 Å². The molecule has 0 unspecified atom stereocenters. The second-order valence-electron chi connectivity index (χ2n) is 11.1. The summed E-state index contributed by atoms with van der Waals surface area (Å²) in [5.74, 6) is 0.761. The van der Waals surface area contributed by atoms with Crippen LogP contribution in [0, 0.1) is 13.8 Å². The highest BCUT2D eigenvalue weighted by atomic mass is 79.9. The number of aromatic nitrogens is 6. The molecular weight excluding hydrogens is 718 g/mol. The van der Waals surface area contributed by atoms with Crippen molar-refractivity contribution in [2.45, 2.75) is 34.2 Å². The van der Waals surface area contributed by atoms with Crippen LogP contribution < -0.4 is 0 Å². The number of hydrogen-bond donors (Lipinski definition) is 0. The molecule has 0 radical (unpaired) electrons. The van der Waals surface area contributed by atoms with E-state index in [1.165, 1.54) is 25.0 Å². The van der Waals surface area contributed by atoms with E-state index in [1.807, 2.05) is 96.3 Å². The number of carbonyl (C=O) groups excluding carboxylic acids is 2.